The molecule has 5 nitrogen and oxygen atoms in total. The van der Waals surface area contributed by atoms with Gasteiger partial charge in [-0.25, -0.2) is 8.42 Å². The molecule has 21 heavy (non-hydrogen) atoms. The van der Waals surface area contributed by atoms with Gasteiger partial charge in [0.05, 0.1) is 6.10 Å². The fourth-order valence-corrected chi connectivity index (χ4v) is 5.48. The first-order valence-electron chi connectivity index (χ1n) is 7.01. The van der Waals surface area contributed by atoms with Crippen LogP contribution in [0.3, 0.4) is 0 Å². The Hall–Kier alpha value is -0.760. The van der Waals surface area contributed by atoms with Gasteiger partial charge in [-0.3, -0.25) is 4.90 Å². The van der Waals surface area contributed by atoms with Crippen LogP contribution in [-0.2, 0) is 9.84 Å². The number of β-amino-alcohol motifs (C(OH)–C–C–N with tert-alkyl or cyclic N) is 1. The lowest BCUT2D eigenvalue weighted by Gasteiger charge is -2.35. The van der Waals surface area contributed by atoms with Crippen molar-refractivity contribution in [3.05, 3.63) is 29.8 Å². The molecule has 1 fully saturated rings. The summed E-state index contributed by atoms with van der Waals surface area (Å²) in [7, 11) is -3.13. The van der Waals surface area contributed by atoms with Gasteiger partial charge in [0.2, 0.25) is 0 Å². The number of aliphatic hydroxyl groups excluding tert-OH is 1. The van der Waals surface area contributed by atoms with Crippen molar-refractivity contribution < 1.29 is 13.5 Å². The molecule has 1 aromatic rings. The first-order chi connectivity index (χ1) is 9.94. The average Bonchev–Trinajstić information content (AvgIpc) is 2.48. The van der Waals surface area contributed by atoms with Crippen molar-refractivity contribution in [1.82, 2.24) is 4.90 Å². The van der Waals surface area contributed by atoms with E-state index in [-0.39, 0.29) is 5.75 Å². The number of thioether (sulfide) groups is 1. The van der Waals surface area contributed by atoms with Crippen molar-refractivity contribution in [3.8, 4) is 0 Å². The molecule has 1 heterocycles. The summed E-state index contributed by atoms with van der Waals surface area (Å²) in [5.41, 5.74) is 7.04. The van der Waals surface area contributed by atoms with Crippen molar-refractivity contribution in [2.24, 2.45) is 0 Å². The lowest BCUT2D eigenvalue weighted by atomic mass is 10.1. The predicted molar refractivity (Wildman–Crippen MR) is 88.0 cm³/mol. The van der Waals surface area contributed by atoms with Crippen LogP contribution < -0.4 is 5.73 Å². The second-order valence-corrected chi connectivity index (χ2v) is 8.76. The number of nitrogen functional groups attached to an aromatic ring is 1. The molecule has 0 amide bonds. The van der Waals surface area contributed by atoms with Gasteiger partial charge in [-0.2, -0.15) is 11.8 Å². The lowest BCUT2D eigenvalue weighted by Crippen LogP contribution is -2.49. The van der Waals surface area contributed by atoms with Crippen molar-refractivity contribution in [1.29, 1.82) is 0 Å². The second kappa shape index (κ2) is 7.00. The number of hydrogen-bond acceptors (Lipinski definition) is 6. The van der Waals surface area contributed by atoms with Crippen LogP contribution in [0.1, 0.15) is 18.6 Å². The van der Waals surface area contributed by atoms with Crippen LogP contribution in [0.4, 0.5) is 5.69 Å². The molecular weight excluding hydrogens is 308 g/mol. The van der Waals surface area contributed by atoms with Gasteiger partial charge in [0, 0.05) is 36.0 Å². The summed E-state index contributed by atoms with van der Waals surface area (Å²) >= 11 is 1.65. The highest BCUT2D eigenvalue weighted by atomic mass is 32.2. The van der Waals surface area contributed by atoms with Gasteiger partial charge in [0.15, 0.2) is 9.84 Å². The molecule has 1 aromatic carbocycles. The minimum atomic E-state index is -3.13. The summed E-state index contributed by atoms with van der Waals surface area (Å²) in [6, 6.07) is 7.04. The van der Waals surface area contributed by atoms with E-state index >= 15 is 0 Å². The molecule has 0 saturated carbocycles. The van der Waals surface area contributed by atoms with Crippen molar-refractivity contribution >= 4 is 27.3 Å². The van der Waals surface area contributed by atoms with E-state index < -0.39 is 21.3 Å². The minimum Gasteiger partial charge on any atom is -0.399 e. The average molecular weight is 330 g/mol. The van der Waals surface area contributed by atoms with E-state index in [0.29, 0.717) is 24.5 Å². The Morgan fingerprint density at radius 1 is 1.43 bits per heavy atom. The van der Waals surface area contributed by atoms with Crippen molar-refractivity contribution in [3.63, 3.8) is 0 Å². The quantitative estimate of drug-likeness (QED) is 0.787. The fraction of sp³-hybridized carbons (Fsp3) is 0.571. The van der Waals surface area contributed by atoms with Crippen LogP contribution >= 0.6 is 11.8 Å². The smallest absolute Gasteiger partial charge is 0.166 e. The third-order valence-corrected chi connectivity index (χ3v) is 7.07. The number of aliphatic hydroxyl groups is 1. The first kappa shape index (κ1) is 16.6. The van der Waals surface area contributed by atoms with E-state index in [1.807, 2.05) is 4.90 Å². The second-order valence-electron chi connectivity index (χ2n) is 5.16. The molecule has 1 saturated heterocycles. The highest BCUT2D eigenvalue weighted by molar-refractivity contribution is 8.01. The number of rotatable bonds is 5. The molecular formula is C14H22N2O3S2. The van der Waals surface area contributed by atoms with Gasteiger partial charge in [-0.05, 0) is 17.7 Å². The Balaban J connectivity index is 2.10. The summed E-state index contributed by atoms with van der Waals surface area (Å²) in [4.78, 5) is 1.89. The molecule has 0 spiro atoms. The molecule has 0 radical (unpaired) electrons. The van der Waals surface area contributed by atoms with Crippen molar-refractivity contribution in [2.45, 2.75) is 18.4 Å². The monoisotopic (exact) mass is 330 g/mol. The highest BCUT2D eigenvalue weighted by Gasteiger charge is 2.33. The van der Waals surface area contributed by atoms with Crippen LogP contribution in [0.15, 0.2) is 24.3 Å². The SMILES string of the molecule is CCS(=O)(=O)C1CSCCN1CC(O)c1ccc(N)cc1. The zero-order valence-electron chi connectivity index (χ0n) is 12.1. The first-order valence-corrected chi connectivity index (χ1v) is 9.88. The van der Waals surface area contributed by atoms with Gasteiger partial charge in [-0.15, -0.1) is 0 Å². The molecule has 2 atom stereocenters. The largest absolute Gasteiger partial charge is 0.399 e. The number of hydrogen-bond donors (Lipinski definition) is 2. The molecule has 118 valence electrons. The third-order valence-electron chi connectivity index (χ3n) is 3.74. The van der Waals surface area contributed by atoms with Gasteiger partial charge < -0.3 is 10.8 Å². The maximum atomic E-state index is 12.2. The fourth-order valence-electron chi connectivity index (χ4n) is 2.39. The maximum absolute atomic E-state index is 12.2. The van der Waals surface area contributed by atoms with E-state index in [1.54, 1.807) is 43.0 Å². The van der Waals surface area contributed by atoms with Crippen molar-refractivity contribution in [2.75, 3.05) is 36.1 Å². The third kappa shape index (κ3) is 4.12. The summed E-state index contributed by atoms with van der Waals surface area (Å²) < 4.78 is 24.3. The van der Waals surface area contributed by atoms with E-state index in [0.717, 1.165) is 11.3 Å². The van der Waals surface area contributed by atoms with E-state index in [4.69, 9.17) is 5.73 Å². The molecule has 2 unspecified atom stereocenters. The summed E-state index contributed by atoms with van der Waals surface area (Å²) in [6.45, 7) is 2.68. The predicted octanol–water partition coefficient (Wildman–Crippen LogP) is 1.11. The molecule has 1 aliphatic rings. The topological polar surface area (TPSA) is 83.6 Å². The molecule has 0 bridgehead atoms. The normalized spacial score (nSPS) is 22.1. The van der Waals surface area contributed by atoms with Gasteiger partial charge >= 0.3 is 0 Å². The summed E-state index contributed by atoms with van der Waals surface area (Å²) in [6.07, 6.45) is -0.705. The Labute approximate surface area is 130 Å². The Bertz CT molecular complexity index is 560. The van der Waals surface area contributed by atoms with E-state index in [1.165, 1.54) is 0 Å². The van der Waals surface area contributed by atoms with Crippen LogP contribution in [0.2, 0.25) is 0 Å². The number of anilines is 1. The summed E-state index contributed by atoms with van der Waals surface area (Å²) in [5.74, 6) is 1.60. The Morgan fingerprint density at radius 2 is 2.10 bits per heavy atom. The number of nitrogens with zero attached hydrogens (tertiary/aromatic N) is 1. The minimum absolute atomic E-state index is 0.132. The molecule has 3 N–H and O–H groups in total. The molecule has 7 heteroatoms. The molecule has 2 rings (SSSR count). The molecule has 0 aromatic heterocycles. The van der Waals surface area contributed by atoms with Crippen LogP contribution in [-0.4, -0.2) is 54.1 Å². The van der Waals surface area contributed by atoms with E-state index in [9.17, 15) is 13.5 Å². The Morgan fingerprint density at radius 3 is 2.71 bits per heavy atom. The van der Waals surface area contributed by atoms with Gasteiger partial charge in [0.25, 0.3) is 0 Å². The number of nitrogens with two attached hydrogens (primary N) is 1. The van der Waals surface area contributed by atoms with Crippen LogP contribution in [0.5, 0.6) is 0 Å². The lowest BCUT2D eigenvalue weighted by molar-refractivity contribution is 0.111. The van der Waals surface area contributed by atoms with E-state index in [2.05, 4.69) is 0 Å². The zero-order valence-corrected chi connectivity index (χ0v) is 13.7. The maximum Gasteiger partial charge on any atom is 0.166 e. The number of sulfone groups is 1. The standard InChI is InChI=1S/C14H22N2O3S2/c1-2-21(18,19)14-10-20-8-7-16(14)9-13(17)11-3-5-12(15)6-4-11/h3-6,13-14,17H,2,7-10,15H2,1H3. The molecule has 1 aliphatic heterocycles. The Kier molecular flexibility index (Phi) is 5.54. The highest BCUT2D eigenvalue weighted by Crippen LogP contribution is 2.24. The van der Waals surface area contributed by atoms with Gasteiger partial charge in [-0.1, -0.05) is 19.1 Å². The number of benzene rings is 1. The van der Waals surface area contributed by atoms with Crippen LogP contribution in [0, 0.1) is 0 Å². The van der Waals surface area contributed by atoms with Gasteiger partial charge in [0.1, 0.15) is 5.37 Å². The molecule has 0 aliphatic carbocycles. The summed E-state index contributed by atoms with van der Waals surface area (Å²) in [5, 5.41) is 9.84. The zero-order chi connectivity index (χ0) is 15.5. The van der Waals surface area contributed by atoms with Crippen LogP contribution in [0.25, 0.3) is 0 Å².